The maximum Gasteiger partial charge on any atom is 0.136 e. The first kappa shape index (κ1) is 16.7. The molecule has 2 aliphatic rings. The number of ketones is 1. The van der Waals surface area contributed by atoms with Crippen LogP contribution in [0.3, 0.4) is 0 Å². The monoisotopic (exact) mass is 292 g/mol. The van der Waals surface area contributed by atoms with Crippen molar-refractivity contribution in [3.8, 4) is 0 Å². The second-order valence-corrected chi connectivity index (χ2v) is 8.25. The lowest BCUT2D eigenvalue weighted by Crippen LogP contribution is -2.39. The Balaban J connectivity index is 2.08. The molecule has 2 aliphatic carbocycles. The molecule has 0 aliphatic heterocycles. The molecule has 0 heterocycles. The van der Waals surface area contributed by atoms with Crippen LogP contribution in [0, 0.1) is 29.1 Å². The molecule has 2 saturated carbocycles. The van der Waals surface area contributed by atoms with E-state index in [1.54, 1.807) is 0 Å². The Bertz CT molecular complexity index is 418. The van der Waals surface area contributed by atoms with Gasteiger partial charge in [-0.1, -0.05) is 32.9 Å². The third-order valence-electron chi connectivity index (χ3n) is 6.39. The summed E-state index contributed by atoms with van der Waals surface area (Å²) in [6, 6.07) is 0. The Kier molecular flexibility index (Phi) is 4.68. The van der Waals surface area contributed by atoms with Crippen LogP contribution in [0.5, 0.6) is 0 Å². The standard InChI is InChI=1S/C19H32O2/c1-13(8-9-14(2)18(3,4)21)15-10-11-16-17(20)7-6-12-19(15,16)5/h8-9,13-16,21H,6-7,10-12H2,1-5H3/b9-8+/t13-,14+,15+,16-,19+/m0/s1. The van der Waals surface area contributed by atoms with E-state index >= 15 is 0 Å². The van der Waals surface area contributed by atoms with E-state index in [1.807, 2.05) is 13.8 Å². The number of hydrogen-bond acceptors (Lipinski definition) is 2. The van der Waals surface area contributed by atoms with Crippen LogP contribution in [-0.4, -0.2) is 16.5 Å². The summed E-state index contributed by atoms with van der Waals surface area (Å²) in [5.74, 6) is 2.05. The summed E-state index contributed by atoms with van der Waals surface area (Å²) in [7, 11) is 0. The van der Waals surface area contributed by atoms with Gasteiger partial charge >= 0.3 is 0 Å². The van der Waals surface area contributed by atoms with Gasteiger partial charge in [-0.2, -0.15) is 0 Å². The van der Waals surface area contributed by atoms with Gasteiger partial charge in [0, 0.05) is 18.3 Å². The fourth-order valence-corrected chi connectivity index (χ4v) is 4.55. The van der Waals surface area contributed by atoms with Crippen LogP contribution in [0.15, 0.2) is 12.2 Å². The van der Waals surface area contributed by atoms with Crippen molar-refractivity contribution >= 4 is 5.78 Å². The number of carbonyl (C=O) groups excluding carboxylic acids is 1. The van der Waals surface area contributed by atoms with Gasteiger partial charge in [-0.05, 0) is 56.8 Å². The Hall–Kier alpha value is -0.630. The molecule has 5 atom stereocenters. The molecule has 0 spiro atoms. The Morgan fingerprint density at radius 1 is 1.29 bits per heavy atom. The van der Waals surface area contributed by atoms with Crippen molar-refractivity contribution in [3.05, 3.63) is 12.2 Å². The lowest BCUT2D eigenvalue weighted by atomic mass is 9.62. The molecule has 0 saturated heterocycles. The average Bonchev–Trinajstić information content (AvgIpc) is 2.73. The Labute approximate surface area is 130 Å². The molecule has 0 aromatic rings. The highest BCUT2D eigenvalue weighted by atomic mass is 16.3. The molecule has 2 rings (SSSR count). The van der Waals surface area contributed by atoms with Gasteiger partial charge in [0.1, 0.15) is 5.78 Å². The number of fused-ring (bicyclic) bond motifs is 1. The second kappa shape index (κ2) is 5.87. The van der Waals surface area contributed by atoms with Crippen LogP contribution in [0.25, 0.3) is 0 Å². The molecule has 2 heteroatoms. The van der Waals surface area contributed by atoms with Crippen LogP contribution in [-0.2, 0) is 4.79 Å². The minimum atomic E-state index is -0.668. The quantitative estimate of drug-likeness (QED) is 0.781. The normalized spacial score (nSPS) is 36.8. The summed E-state index contributed by atoms with van der Waals surface area (Å²) in [6.45, 7) is 10.4. The SMILES string of the molecule is C[C@H](/C=C/[C@H](C)[C@H]1CC[C@H]2C(=O)CCC[C@]12C)C(C)(C)O. The van der Waals surface area contributed by atoms with E-state index in [0.717, 1.165) is 19.3 Å². The molecule has 0 aromatic heterocycles. The molecular formula is C19H32O2. The summed E-state index contributed by atoms with van der Waals surface area (Å²) < 4.78 is 0. The van der Waals surface area contributed by atoms with Crippen LogP contribution in [0.1, 0.15) is 66.7 Å². The molecule has 0 unspecified atom stereocenters. The molecule has 1 N–H and O–H groups in total. The van der Waals surface area contributed by atoms with Crippen molar-refractivity contribution in [2.45, 2.75) is 72.3 Å². The largest absolute Gasteiger partial charge is 0.390 e. The average molecular weight is 292 g/mol. The molecule has 2 fully saturated rings. The predicted molar refractivity (Wildman–Crippen MR) is 86.9 cm³/mol. The van der Waals surface area contributed by atoms with E-state index in [0.29, 0.717) is 23.5 Å². The highest BCUT2D eigenvalue weighted by Crippen LogP contribution is 2.56. The van der Waals surface area contributed by atoms with Gasteiger partial charge in [-0.15, -0.1) is 0 Å². The first-order chi connectivity index (χ1) is 9.66. The minimum absolute atomic E-state index is 0.151. The Morgan fingerprint density at radius 3 is 2.57 bits per heavy atom. The number of rotatable bonds is 4. The minimum Gasteiger partial charge on any atom is -0.390 e. The molecule has 2 nitrogen and oxygen atoms in total. The van der Waals surface area contributed by atoms with Crippen molar-refractivity contribution in [2.24, 2.45) is 29.1 Å². The van der Waals surface area contributed by atoms with E-state index in [2.05, 4.69) is 32.9 Å². The number of Topliss-reactive ketones (excluding diaryl/α,β-unsaturated/α-hetero) is 1. The van der Waals surface area contributed by atoms with Crippen LogP contribution < -0.4 is 0 Å². The van der Waals surface area contributed by atoms with Gasteiger partial charge < -0.3 is 5.11 Å². The second-order valence-electron chi connectivity index (χ2n) is 8.25. The van der Waals surface area contributed by atoms with Crippen molar-refractivity contribution in [1.29, 1.82) is 0 Å². The maximum absolute atomic E-state index is 12.2. The summed E-state index contributed by atoms with van der Waals surface area (Å²) in [6.07, 6.45) is 9.76. The Morgan fingerprint density at radius 2 is 1.95 bits per heavy atom. The molecule has 0 radical (unpaired) electrons. The molecule has 0 bridgehead atoms. The lowest BCUT2D eigenvalue weighted by molar-refractivity contribution is -0.129. The van der Waals surface area contributed by atoms with Gasteiger partial charge in [-0.3, -0.25) is 4.79 Å². The van der Waals surface area contributed by atoms with E-state index in [1.165, 1.54) is 12.8 Å². The number of carbonyl (C=O) groups is 1. The fraction of sp³-hybridized carbons (Fsp3) is 0.842. The summed E-state index contributed by atoms with van der Waals surface area (Å²) in [5.41, 5.74) is -0.462. The first-order valence-corrected chi connectivity index (χ1v) is 8.59. The van der Waals surface area contributed by atoms with Gasteiger partial charge in [0.05, 0.1) is 5.60 Å². The molecular weight excluding hydrogens is 260 g/mol. The number of allylic oxidation sites excluding steroid dienone is 1. The highest BCUT2D eigenvalue weighted by molar-refractivity contribution is 5.83. The number of aliphatic hydroxyl groups is 1. The highest BCUT2D eigenvalue weighted by Gasteiger charge is 2.51. The fourth-order valence-electron chi connectivity index (χ4n) is 4.55. The van der Waals surface area contributed by atoms with Crippen molar-refractivity contribution in [2.75, 3.05) is 0 Å². The summed E-state index contributed by atoms with van der Waals surface area (Å²) in [4.78, 5) is 12.2. The van der Waals surface area contributed by atoms with Crippen LogP contribution >= 0.6 is 0 Å². The number of hydrogen-bond donors (Lipinski definition) is 1. The van der Waals surface area contributed by atoms with Gasteiger partial charge in [-0.25, -0.2) is 0 Å². The maximum atomic E-state index is 12.2. The van der Waals surface area contributed by atoms with Gasteiger partial charge in [0.2, 0.25) is 0 Å². The topological polar surface area (TPSA) is 37.3 Å². The molecule has 21 heavy (non-hydrogen) atoms. The van der Waals surface area contributed by atoms with E-state index in [4.69, 9.17) is 0 Å². The molecule has 0 amide bonds. The van der Waals surface area contributed by atoms with Crippen LogP contribution in [0.4, 0.5) is 0 Å². The van der Waals surface area contributed by atoms with Gasteiger partial charge in [0.25, 0.3) is 0 Å². The first-order valence-electron chi connectivity index (χ1n) is 8.59. The smallest absolute Gasteiger partial charge is 0.136 e. The zero-order chi connectivity index (χ0) is 15.8. The molecule has 120 valence electrons. The van der Waals surface area contributed by atoms with Crippen molar-refractivity contribution < 1.29 is 9.90 Å². The van der Waals surface area contributed by atoms with Crippen LogP contribution in [0.2, 0.25) is 0 Å². The lowest BCUT2D eigenvalue weighted by Gasteiger charge is -2.41. The van der Waals surface area contributed by atoms with Gasteiger partial charge in [0.15, 0.2) is 0 Å². The van der Waals surface area contributed by atoms with Crippen molar-refractivity contribution in [1.82, 2.24) is 0 Å². The molecule has 0 aromatic carbocycles. The summed E-state index contributed by atoms with van der Waals surface area (Å²) >= 11 is 0. The van der Waals surface area contributed by atoms with E-state index < -0.39 is 5.60 Å². The third-order valence-corrected chi connectivity index (χ3v) is 6.39. The van der Waals surface area contributed by atoms with Crippen molar-refractivity contribution in [3.63, 3.8) is 0 Å². The zero-order valence-electron chi connectivity index (χ0n) is 14.4. The predicted octanol–water partition coefficient (Wildman–Crippen LogP) is 4.37. The third kappa shape index (κ3) is 3.26. The van der Waals surface area contributed by atoms with E-state index in [-0.39, 0.29) is 11.3 Å². The van der Waals surface area contributed by atoms with E-state index in [9.17, 15) is 9.90 Å². The summed E-state index contributed by atoms with van der Waals surface area (Å²) in [5, 5.41) is 10.0. The zero-order valence-corrected chi connectivity index (χ0v) is 14.4.